The first-order chi connectivity index (χ1) is 10.3. The van der Waals surface area contributed by atoms with E-state index in [4.69, 9.17) is 0 Å². The van der Waals surface area contributed by atoms with E-state index < -0.39 is 0 Å². The highest BCUT2D eigenvalue weighted by Gasteiger charge is 2.24. The number of hydrogen-bond donors (Lipinski definition) is 3. The maximum Gasteiger partial charge on any atom is 0.0679 e. The number of benzene rings is 1. The van der Waals surface area contributed by atoms with Gasteiger partial charge in [-0.25, -0.2) is 0 Å². The van der Waals surface area contributed by atoms with E-state index in [0.29, 0.717) is 12.0 Å². The van der Waals surface area contributed by atoms with Crippen LogP contribution in [0.15, 0.2) is 30.3 Å². The Morgan fingerprint density at radius 3 is 2.81 bits per heavy atom. The molecule has 3 atom stereocenters. The molecule has 4 heteroatoms. The summed E-state index contributed by atoms with van der Waals surface area (Å²) in [5.74, 6) is 0.497. The summed E-state index contributed by atoms with van der Waals surface area (Å²) >= 11 is 0. The summed E-state index contributed by atoms with van der Waals surface area (Å²) in [4.78, 5) is 2.40. The van der Waals surface area contributed by atoms with Crippen molar-refractivity contribution in [3.8, 4) is 0 Å². The van der Waals surface area contributed by atoms with Crippen LogP contribution in [0.2, 0.25) is 0 Å². The monoisotopic (exact) mass is 289 g/mol. The molecule has 0 aromatic heterocycles. The number of likely N-dealkylation sites (tertiary alicyclic amines) is 1. The van der Waals surface area contributed by atoms with Crippen LogP contribution in [0.5, 0.6) is 0 Å². The van der Waals surface area contributed by atoms with Gasteiger partial charge in [0, 0.05) is 44.7 Å². The lowest BCUT2D eigenvalue weighted by atomic mass is 9.98. The quantitative estimate of drug-likeness (QED) is 0.725. The van der Waals surface area contributed by atoms with Crippen LogP contribution in [0, 0.1) is 0 Å². The van der Waals surface area contributed by atoms with Crippen molar-refractivity contribution in [2.45, 2.75) is 30.9 Å². The van der Waals surface area contributed by atoms with E-state index in [1.165, 1.54) is 12.0 Å². The number of rotatable bonds is 6. The van der Waals surface area contributed by atoms with Crippen molar-refractivity contribution < 1.29 is 5.11 Å². The Morgan fingerprint density at radius 1 is 1.29 bits per heavy atom. The molecule has 2 heterocycles. The fourth-order valence-corrected chi connectivity index (χ4v) is 3.44. The van der Waals surface area contributed by atoms with Crippen molar-refractivity contribution in [3.63, 3.8) is 0 Å². The van der Waals surface area contributed by atoms with Gasteiger partial charge in [-0.15, -0.1) is 0 Å². The summed E-state index contributed by atoms with van der Waals surface area (Å²) < 4.78 is 0. The Morgan fingerprint density at radius 2 is 2.14 bits per heavy atom. The van der Waals surface area contributed by atoms with E-state index in [2.05, 4.69) is 45.9 Å². The van der Waals surface area contributed by atoms with Crippen LogP contribution >= 0.6 is 0 Å². The highest BCUT2D eigenvalue weighted by molar-refractivity contribution is 5.20. The third kappa shape index (κ3) is 4.27. The average Bonchev–Trinajstić information content (AvgIpc) is 3.16. The SMILES string of the molecule is O[C@H]1CCN(C[C@H](CNC2CCNC2)c2ccccc2)C1. The summed E-state index contributed by atoms with van der Waals surface area (Å²) in [5.41, 5.74) is 1.40. The Labute approximate surface area is 127 Å². The average molecular weight is 289 g/mol. The maximum atomic E-state index is 9.72. The first kappa shape index (κ1) is 15.0. The van der Waals surface area contributed by atoms with E-state index in [1.54, 1.807) is 0 Å². The van der Waals surface area contributed by atoms with Crippen LogP contribution in [-0.2, 0) is 0 Å². The number of nitrogens with zero attached hydrogens (tertiary/aromatic N) is 1. The van der Waals surface area contributed by atoms with Gasteiger partial charge in [-0.3, -0.25) is 0 Å². The standard InChI is InChI=1S/C17H27N3O/c21-17-7-9-20(13-17)12-15(14-4-2-1-3-5-14)10-19-16-6-8-18-11-16/h1-5,15-19,21H,6-13H2/t15-,16?,17-/m0/s1. The molecule has 2 aliphatic heterocycles. The zero-order valence-corrected chi connectivity index (χ0v) is 12.7. The van der Waals surface area contributed by atoms with Gasteiger partial charge in [0.15, 0.2) is 0 Å². The minimum atomic E-state index is -0.131. The molecule has 1 aromatic rings. The molecule has 0 spiro atoms. The lowest BCUT2D eigenvalue weighted by molar-refractivity contribution is 0.173. The smallest absolute Gasteiger partial charge is 0.0679 e. The predicted molar refractivity (Wildman–Crippen MR) is 85.5 cm³/mol. The summed E-state index contributed by atoms with van der Waals surface area (Å²) in [7, 11) is 0. The maximum absolute atomic E-state index is 9.72. The molecule has 0 aliphatic carbocycles. The number of aliphatic hydroxyl groups is 1. The minimum absolute atomic E-state index is 0.131. The van der Waals surface area contributed by atoms with E-state index >= 15 is 0 Å². The van der Waals surface area contributed by atoms with Gasteiger partial charge < -0.3 is 20.6 Å². The molecule has 0 saturated carbocycles. The van der Waals surface area contributed by atoms with Gasteiger partial charge >= 0.3 is 0 Å². The first-order valence-corrected chi connectivity index (χ1v) is 8.21. The second-order valence-electron chi connectivity index (χ2n) is 6.41. The Balaban J connectivity index is 1.59. The third-order valence-electron chi connectivity index (χ3n) is 4.71. The van der Waals surface area contributed by atoms with E-state index in [0.717, 1.165) is 45.7 Å². The normalized spacial score (nSPS) is 28.0. The van der Waals surface area contributed by atoms with Crippen LogP contribution in [0.3, 0.4) is 0 Å². The lowest BCUT2D eigenvalue weighted by Crippen LogP contribution is -2.38. The van der Waals surface area contributed by atoms with Gasteiger partial charge in [0.1, 0.15) is 0 Å². The molecule has 2 fully saturated rings. The van der Waals surface area contributed by atoms with Gasteiger partial charge in [-0.1, -0.05) is 30.3 Å². The van der Waals surface area contributed by atoms with Crippen molar-refractivity contribution in [1.82, 2.24) is 15.5 Å². The second-order valence-corrected chi connectivity index (χ2v) is 6.41. The predicted octanol–water partition coefficient (Wildman–Crippen LogP) is 0.788. The Bertz CT molecular complexity index is 419. The molecule has 3 N–H and O–H groups in total. The topological polar surface area (TPSA) is 47.5 Å². The molecule has 2 saturated heterocycles. The summed E-state index contributed by atoms with van der Waals surface area (Å²) in [5, 5.41) is 16.8. The van der Waals surface area contributed by atoms with Crippen molar-refractivity contribution in [3.05, 3.63) is 35.9 Å². The molecule has 0 amide bonds. The van der Waals surface area contributed by atoms with Gasteiger partial charge in [-0.05, 0) is 24.9 Å². The molecule has 3 rings (SSSR count). The number of nitrogens with one attached hydrogen (secondary N) is 2. The molecule has 0 radical (unpaired) electrons. The first-order valence-electron chi connectivity index (χ1n) is 8.21. The molecule has 0 bridgehead atoms. The largest absolute Gasteiger partial charge is 0.392 e. The second kappa shape index (κ2) is 7.36. The van der Waals surface area contributed by atoms with Gasteiger partial charge in [0.25, 0.3) is 0 Å². The Kier molecular flexibility index (Phi) is 5.25. The van der Waals surface area contributed by atoms with Crippen LogP contribution in [0.1, 0.15) is 24.3 Å². The summed E-state index contributed by atoms with van der Waals surface area (Å²) in [6.45, 7) is 6.12. The fourth-order valence-electron chi connectivity index (χ4n) is 3.44. The van der Waals surface area contributed by atoms with Gasteiger partial charge in [0.05, 0.1) is 6.10 Å². The van der Waals surface area contributed by atoms with E-state index in [9.17, 15) is 5.11 Å². The van der Waals surface area contributed by atoms with Crippen LogP contribution < -0.4 is 10.6 Å². The van der Waals surface area contributed by atoms with Gasteiger partial charge in [-0.2, -0.15) is 0 Å². The van der Waals surface area contributed by atoms with Crippen LogP contribution in [0.4, 0.5) is 0 Å². The Hall–Kier alpha value is -0.940. The highest BCUT2D eigenvalue weighted by Crippen LogP contribution is 2.20. The highest BCUT2D eigenvalue weighted by atomic mass is 16.3. The number of hydrogen-bond acceptors (Lipinski definition) is 4. The number of β-amino-alcohol motifs (C(OH)–C–C–N with tert-alkyl or cyclic N) is 1. The molecule has 1 unspecified atom stereocenters. The fraction of sp³-hybridized carbons (Fsp3) is 0.647. The summed E-state index contributed by atoms with van der Waals surface area (Å²) in [6.07, 6.45) is 2.01. The van der Waals surface area contributed by atoms with Crippen molar-refractivity contribution in [2.75, 3.05) is 39.3 Å². The van der Waals surface area contributed by atoms with Crippen molar-refractivity contribution in [2.24, 2.45) is 0 Å². The zero-order valence-electron chi connectivity index (χ0n) is 12.7. The van der Waals surface area contributed by atoms with Crippen molar-refractivity contribution in [1.29, 1.82) is 0 Å². The summed E-state index contributed by atoms with van der Waals surface area (Å²) in [6, 6.07) is 11.4. The molecule has 4 nitrogen and oxygen atoms in total. The molecule has 2 aliphatic rings. The van der Waals surface area contributed by atoms with E-state index in [-0.39, 0.29) is 6.10 Å². The third-order valence-corrected chi connectivity index (χ3v) is 4.71. The minimum Gasteiger partial charge on any atom is -0.392 e. The molecular formula is C17H27N3O. The molecule has 1 aromatic carbocycles. The molecule has 116 valence electrons. The lowest BCUT2D eigenvalue weighted by Gasteiger charge is -2.25. The van der Waals surface area contributed by atoms with Crippen LogP contribution in [-0.4, -0.2) is 61.4 Å². The van der Waals surface area contributed by atoms with Gasteiger partial charge in [0.2, 0.25) is 0 Å². The van der Waals surface area contributed by atoms with Crippen LogP contribution in [0.25, 0.3) is 0 Å². The zero-order chi connectivity index (χ0) is 14.5. The molecular weight excluding hydrogens is 262 g/mol. The number of aliphatic hydroxyl groups excluding tert-OH is 1. The van der Waals surface area contributed by atoms with E-state index in [1.807, 2.05) is 0 Å². The molecule has 21 heavy (non-hydrogen) atoms. The van der Waals surface area contributed by atoms with Crippen molar-refractivity contribution >= 4 is 0 Å².